The maximum absolute atomic E-state index is 11.3. The minimum Gasteiger partial charge on any atom is -0.466 e. The van der Waals surface area contributed by atoms with Gasteiger partial charge < -0.3 is 10.1 Å². The Kier molecular flexibility index (Phi) is 5.60. The highest BCUT2D eigenvalue weighted by Gasteiger charge is 2.31. The predicted octanol–water partition coefficient (Wildman–Crippen LogP) is 3.38. The lowest BCUT2D eigenvalue weighted by atomic mass is 10.0. The summed E-state index contributed by atoms with van der Waals surface area (Å²) in [6, 6.07) is 9.22. The fourth-order valence-corrected chi connectivity index (χ4v) is 2.48. The van der Waals surface area contributed by atoms with Gasteiger partial charge in [-0.25, -0.2) is 0 Å². The summed E-state index contributed by atoms with van der Waals surface area (Å²) in [5.74, 6) is 0.674. The van der Waals surface area contributed by atoms with Crippen LogP contribution in [0.3, 0.4) is 0 Å². The summed E-state index contributed by atoms with van der Waals surface area (Å²) in [6.07, 6.45) is 3.97. The van der Waals surface area contributed by atoms with Gasteiger partial charge in [0, 0.05) is 12.5 Å². The van der Waals surface area contributed by atoms with Crippen molar-refractivity contribution in [2.45, 2.75) is 45.6 Å². The summed E-state index contributed by atoms with van der Waals surface area (Å²) in [7, 11) is 0. The molecule has 1 aliphatic carbocycles. The molecule has 1 fully saturated rings. The normalized spacial score (nSPS) is 15.9. The summed E-state index contributed by atoms with van der Waals surface area (Å²) in [6.45, 7) is 5.30. The maximum atomic E-state index is 11.3. The van der Waals surface area contributed by atoms with Crippen LogP contribution < -0.4 is 5.32 Å². The molecule has 1 saturated carbocycles. The summed E-state index contributed by atoms with van der Waals surface area (Å²) < 4.78 is 4.94. The lowest BCUT2D eigenvalue weighted by Crippen LogP contribution is -2.24. The third kappa shape index (κ3) is 4.64. The van der Waals surface area contributed by atoms with Gasteiger partial charge in [0.05, 0.1) is 6.61 Å². The van der Waals surface area contributed by atoms with Gasteiger partial charge in [-0.1, -0.05) is 29.8 Å². The van der Waals surface area contributed by atoms with E-state index in [0.717, 1.165) is 18.9 Å². The van der Waals surface area contributed by atoms with Gasteiger partial charge >= 0.3 is 5.97 Å². The SMILES string of the molecule is CCOC(=O)CCCNC(c1ccc(C)cc1)C1CC1. The van der Waals surface area contributed by atoms with Crippen LogP contribution in [0.4, 0.5) is 0 Å². The number of benzene rings is 1. The van der Waals surface area contributed by atoms with E-state index >= 15 is 0 Å². The highest BCUT2D eigenvalue weighted by atomic mass is 16.5. The molecule has 2 rings (SSSR count). The molecule has 0 aromatic heterocycles. The molecule has 20 heavy (non-hydrogen) atoms. The second-order valence-corrected chi connectivity index (χ2v) is 5.59. The Labute approximate surface area is 121 Å². The van der Waals surface area contributed by atoms with Gasteiger partial charge in [0.2, 0.25) is 0 Å². The van der Waals surface area contributed by atoms with Crippen LogP contribution in [0, 0.1) is 12.8 Å². The first-order chi connectivity index (χ1) is 9.70. The van der Waals surface area contributed by atoms with E-state index < -0.39 is 0 Å². The van der Waals surface area contributed by atoms with Crippen LogP contribution in [-0.4, -0.2) is 19.1 Å². The first-order valence-corrected chi connectivity index (χ1v) is 7.66. The topological polar surface area (TPSA) is 38.3 Å². The molecule has 1 aliphatic rings. The summed E-state index contributed by atoms with van der Waals surface area (Å²) in [4.78, 5) is 11.3. The summed E-state index contributed by atoms with van der Waals surface area (Å²) >= 11 is 0. The van der Waals surface area contributed by atoms with Crippen molar-refractivity contribution in [1.82, 2.24) is 5.32 Å². The van der Waals surface area contributed by atoms with Crippen LogP contribution in [-0.2, 0) is 9.53 Å². The number of carbonyl (C=O) groups is 1. The summed E-state index contributed by atoms with van der Waals surface area (Å²) in [5.41, 5.74) is 2.67. The largest absolute Gasteiger partial charge is 0.466 e. The van der Waals surface area contributed by atoms with Gasteiger partial charge in [-0.15, -0.1) is 0 Å². The number of aryl methyl sites for hydroxylation is 1. The van der Waals surface area contributed by atoms with E-state index in [0.29, 0.717) is 19.1 Å². The van der Waals surface area contributed by atoms with E-state index in [1.54, 1.807) is 0 Å². The van der Waals surface area contributed by atoms with E-state index in [-0.39, 0.29) is 5.97 Å². The molecule has 1 aromatic rings. The van der Waals surface area contributed by atoms with E-state index in [9.17, 15) is 4.79 Å². The zero-order valence-corrected chi connectivity index (χ0v) is 12.5. The van der Waals surface area contributed by atoms with E-state index in [1.807, 2.05) is 6.92 Å². The number of rotatable bonds is 8. The molecule has 1 atom stereocenters. The van der Waals surface area contributed by atoms with Crippen molar-refractivity contribution in [2.75, 3.05) is 13.2 Å². The second-order valence-electron chi connectivity index (χ2n) is 5.59. The third-order valence-corrected chi connectivity index (χ3v) is 3.76. The average Bonchev–Trinajstić information content (AvgIpc) is 3.25. The molecule has 0 radical (unpaired) electrons. The van der Waals surface area contributed by atoms with Crippen molar-refractivity contribution >= 4 is 5.97 Å². The lowest BCUT2D eigenvalue weighted by molar-refractivity contribution is -0.143. The van der Waals surface area contributed by atoms with Gasteiger partial charge in [0.25, 0.3) is 0 Å². The lowest BCUT2D eigenvalue weighted by Gasteiger charge is -2.19. The van der Waals surface area contributed by atoms with Gasteiger partial charge in [-0.2, -0.15) is 0 Å². The fraction of sp³-hybridized carbons (Fsp3) is 0.588. The number of nitrogens with one attached hydrogen (secondary N) is 1. The molecular formula is C17H25NO2. The van der Waals surface area contributed by atoms with Crippen LogP contribution in [0.2, 0.25) is 0 Å². The Hall–Kier alpha value is -1.35. The van der Waals surface area contributed by atoms with Crippen molar-refractivity contribution in [3.8, 4) is 0 Å². The Morgan fingerprint density at radius 2 is 2.05 bits per heavy atom. The van der Waals surface area contributed by atoms with Crippen LogP contribution in [0.5, 0.6) is 0 Å². The molecule has 1 aromatic carbocycles. The maximum Gasteiger partial charge on any atom is 0.305 e. The van der Waals surface area contributed by atoms with Crippen LogP contribution in [0.25, 0.3) is 0 Å². The molecule has 0 heterocycles. The molecular weight excluding hydrogens is 250 g/mol. The number of carbonyl (C=O) groups excluding carboxylic acids is 1. The van der Waals surface area contributed by atoms with Crippen molar-refractivity contribution < 1.29 is 9.53 Å². The third-order valence-electron chi connectivity index (χ3n) is 3.76. The van der Waals surface area contributed by atoms with Crippen molar-refractivity contribution in [3.05, 3.63) is 35.4 Å². The zero-order chi connectivity index (χ0) is 14.4. The van der Waals surface area contributed by atoms with Crippen LogP contribution in [0.15, 0.2) is 24.3 Å². The molecule has 3 nitrogen and oxygen atoms in total. The van der Waals surface area contributed by atoms with Crippen LogP contribution >= 0.6 is 0 Å². The van der Waals surface area contributed by atoms with Crippen LogP contribution in [0.1, 0.15) is 49.8 Å². The van der Waals surface area contributed by atoms with E-state index in [1.165, 1.54) is 24.0 Å². The van der Waals surface area contributed by atoms with Crippen molar-refractivity contribution in [3.63, 3.8) is 0 Å². The van der Waals surface area contributed by atoms with Gasteiger partial charge in [-0.05, 0) is 51.1 Å². The van der Waals surface area contributed by atoms with Gasteiger partial charge in [0.15, 0.2) is 0 Å². The number of hydrogen-bond donors (Lipinski definition) is 1. The van der Waals surface area contributed by atoms with E-state index in [4.69, 9.17) is 4.74 Å². The smallest absolute Gasteiger partial charge is 0.305 e. The van der Waals surface area contributed by atoms with Gasteiger partial charge in [0.1, 0.15) is 0 Å². The molecule has 1 unspecified atom stereocenters. The second kappa shape index (κ2) is 7.44. The molecule has 0 amide bonds. The minimum absolute atomic E-state index is 0.0902. The van der Waals surface area contributed by atoms with E-state index in [2.05, 4.69) is 36.5 Å². The highest BCUT2D eigenvalue weighted by Crippen LogP contribution is 2.40. The van der Waals surface area contributed by atoms with Crippen molar-refractivity contribution in [1.29, 1.82) is 0 Å². The summed E-state index contributed by atoms with van der Waals surface area (Å²) in [5, 5.41) is 3.61. The Morgan fingerprint density at radius 3 is 2.65 bits per heavy atom. The highest BCUT2D eigenvalue weighted by molar-refractivity contribution is 5.69. The first kappa shape index (κ1) is 15.0. The quantitative estimate of drug-likeness (QED) is 0.584. The standard InChI is InChI=1S/C17H25NO2/c1-3-20-16(19)5-4-12-18-17(15-10-11-15)14-8-6-13(2)7-9-14/h6-9,15,17-18H,3-5,10-12H2,1-2H3. The Bertz CT molecular complexity index is 423. The number of ether oxygens (including phenoxy) is 1. The molecule has 0 aliphatic heterocycles. The molecule has 1 N–H and O–H groups in total. The monoisotopic (exact) mass is 275 g/mol. The molecule has 3 heteroatoms. The fourth-order valence-electron chi connectivity index (χ4n) is 2.48. The minimum atomic E-state index is -0.0902. The molecule has 0 bridgehead atoms. The number of hydrogen-bond acceptors (Lipinski definition) is 3. The first-order valence-electron chi connectivity index (χ1n) is 7.66. The molecule has 110 valence electrons. The molecule has 0 spiro atoms. The zero-order valence-electron chi connectivity index (χ0n) is 12.5. The van der Waals surface area contributed by atoms with Crippen molar-refractivity contribution in [2.24, 2.45) is 5.92 Å². The number of esters is 1. The van der Waals surface area contributed by atoms with Gasteiger partial charge in [-0.3, -0.25) is 4.79 Å². The predicted molar refractivity (Wildman–Crippen MR) is 80.5 cm³/mol. The Balaban J connectivity index is 1.78. The molecule has 0 saturated heterocycles. The average molecular weight is 275 g/mol. The Morgan fingerprint density at radius 1 is 1.35 bits per heavy atom.